The van der Waals surface area contributed by atoms with E-state index in [4.69, 9.17) is 8.83 Å². The lowest BCUT2D eigenvalue weighted by Gasteiger charge is -2.01. The minimum absolute atomic E-state index is 0.00847. The molecule has 0 fully saturated rings. The van der Waals surface area contributed by atoms with Crippen LogP contribution in [0.2, 0.25) is 0 Å². The molecule has 2 aromatic rings. The van der Waals surface area contributed by atoms with Crippen molar-refractivity contribution in [3.8, 4) is 11.5 Å². The average Bonchev–Trinajstić information content (AvgIpc) is 3.03. The predicted octanol–water partition coefficient (Wildman–Crippen LogP) is 3.12. The first-order valence-corrected chi connectivity index (χ1v) is 5.80. The second-order valence-electron chi connectivity index (χ2n) is 3.85. The van der Waals surface area contributed by atoms with Gasteiger partial charge in [0.1, 0.15) is 5.76 Å². The van der Waals surface area contributed by atoms with Crippen LogP contribution in [0.5, 0.6) is 0 Å². The van der Waals surface area contributed by atoms with Crippen LogP contribution < -0.4 is 5.32 Å². The Balaban J connectivity index is 1.87. The van der Waals surface area contributed by atoms with E-state index in [1.165, 1.54) is 0 Å². The summed E-state index contributed by atoms with van der Waals surface area (Å²) in [4.78, 5) is 11.4. The fourth-order valence-electron chi connectivity index (χ4n) is 1.53. The van der Waals surface area contributed by atoms with Crippen LogP contribution in [-0.4, -0.2) is 5.91 Å². The summed E-state index contributed by atoms with van der Waals surface area (Å²) in [7, 11) is 0. The fraction of sp³-hybridized carbons (Fsp3) is 0.214. The Bertz CT molecular complexity index is 511. The third-order valence-electron chi connectivity index (χ3n) is 2.46. The molecule has 4 heteroatoms. The number of carbonyl (C=O) groups is 1. The molecule has 0 aliphatic rings. The van der Waals surface area contributed by atoms with Gasteiger partial charge in [-0.2, -0.15) is 0 Å². The van der Waals surface area contributed by atoms with Crippen molar-refractivity contribution in [2.24, 2.45) is 0 Å². The molecule has 0 bridgehead atoms. The Morgan fingerprint density at radius 2 is 2.22 bits per heavy atom. The summed E-state index contributed by atoms with van der Waals surface area (Å²) in [5.74, 6) is 2.04. The number of furan rings is 2. The molecule has 1 N–H and O–H groups in total. The molecule has 2 aromatic heterocycles. The first kappa shape index (κ1) is 12.2. The Morgan fingerprint density at radius 3 is 2.94 bits per heavy atom. The monoisotopic (exact) mass is 245 g/mol. The van der Waals surface area contributed by atoms with Crippen molar-refractivity contribution in [1.29, 1.82) is 0 Å². The van der Waals surface area contributed by atoms with Crippen LogP contribution in [0.4, 0.5) is 0 Å². The van der Waals surface area contributed by atoms with E-state index in [9.17, 15) is 4.79 Å². The molecule has 94 valence electrons. The smallest absolute Gasteiger partial charge is 0.220 e. The molecule has 0 spiro atoms. The van der Waals surface area contributed by atoms with Gasteiger partial charge in [-0.25, -0.2) is 0 Å². The number of amides is 1. The highest BCUT2D eigenvalue weighted by atomic mass is 16.4. The van der Waals surface area contributed by atoms with Crippen molar-refractivity contribution in [2.45, 2.75) is 19.4 Å². The molecule has 0 aromatic carbocycles. The molecule has 2 rings (SSSR count). The van der Waals surface area contributed by atoms with Gasteiger partial charge >= 0.3 is 0 Å². The van der Waals surface area contributed by atoms with Gasteiger partial charge in [0.2, 0.25) is 5.91 Å². The van der Waals surface area contributed by atoms with Gasteiger partial charge in [-0.1, -0.05) is 6.08 Å². The highest BCUT2D eigenvalue weighted by molar-refractivity contribution is 5.75. The second-order valence-corrected chi connectivity index (χ2v) is 3.85. The number of carbonyl (C=O) groups excluding carboxylic acids is 1. The first-order chi connectivity index (χ1) is 8.79. The van der Waals surface area contributed by atoms with Crippen molar-refractivity contribution in [3.63, 3.8) is 0 Å². The molecule has 2 heterocycles. The maximum absolute atomic E-state index is 11.4. The number of allylic oxidation sites excluding steroid dienone is 1. The third-order valence-corrected chi connectivity index (χ3v) is 2.46. The third kappa shape index (κ3) is 3.13. The normalized spacial score (nSPS) is 10.2. The van der Waals surface area contributed by atoms with E-state index < -0.39 is 0 Å². The Labute approximate surface area is 105 Å². The van der Waals surface area contributed by atoms with Crippen molar-refractivity contribution in [2.75, 3.05) is 0 Å². The van der Waals surface area contributed by atoms with E-state index in [1.807, 2.05) is 18.2 Å². The fourth-order valence-corrected chi connectivity index (χ4v) is 1.53. The van der Waals surface area contributed by atoms with Crippen LogP contribution in [0.15, 0.2) is 52.0 Å². The highest BCUT2D eigenvalue weighted by Crippen LogP contribution is 2.22. The summed E-state index contributed by atoms with van der Waals surface area (Å²) < 4.78 is 10.8. The van der Waals surface area contributed by atoms with Crippen LogP contribution in [0.25, 0.3) is 11.5 Å². The zero-order valence-electron chi connectivity index (χ0n) is 10.0. The van der Waals surface area contributed by atoms with E-state index in [0.717, 1.165) is 0 Å². The number of nitrogens with one attached hydrogen (secondary N) is 1. The highest BCUT2D eigenvalue weighted by Gasteiger charge is 2.07. The molecule has 0 radical (unpaired) electrons. The molecule has 0 aliphatic carbocycles. The molecule has 18 heavy (non-hydrogen) atoms. The van der Waals surface area contributed by atoms with Gasteiger partial charge in [-0.3, -0.25) is 4.79 Å². The van der Waals surface area contributed by atoms with Crippen molar-refractivity contribution < 1.29 is 13.6 Å². The van der Waals surface area contributed by atoms with E-state index in [2.05, 4.69) is 11.9 Å². The zero-order valence-corrected chi connectivity index (χ0v) is 10.0. The summed E-state index contributed by atoms with van der Waals surface area (Å²) in [5, 5.41) is 2.78. The van der Waals surface area contributed by atoms with Gasteiger partial charge in [-0.05, 0) is 30.7 Å². The molecular weight excluding hydrogens is 230 g/mol. The maximum atomic E-state index is 11.4. The standard InChI is InChI=1S/C14H15NO3/c1-2-3-6-14(16)15-10-11-7-8-13(18-11)12-5-4-9-17-12/h2,4-5,7-9H,1,3,6,10H2,(H,15,16). The number of hydrogen-bond donors (Lipinski definition) is 1. The van der Waals surface area contributed by atoms with E-state index in [0.29, 0.717) is 36.7 Å². The van der Waals surface area contributed by atoms with Gasteiger partial charge in [0.15, 0.2) is 11.5 Å². The molecule has 0 atom stereocenters. The minimum atomic E-state index is -0.00847. The molecular formula is C14H15NO3. The average molecular weight is 245 g/mol. The molecule has 4 nitrogen and oxygen atoms in total. The molecule has 0 unspecified atom stereocenters. The van der Waals surface area contributed by atoms with E-state index >= 15 is 0 Å². The quantitative estimate of drug-likeness (QED) is 0.795. The predicted molar refractivity (Wildman–Crippen MR) is 67.7 cm³/mol. The first-order valence-electron chi connectivity index (χ1n) is 5.80. The minimum Gasteiger partial charge on any atom is -0.461 e. The van der Waals surface area contributed by atoms with Crippen molar-refractivity contribution >= 4 is 5.91 Å². The number of hydrogen-bond acceptors (Lipinski definition) is 3. The van der Waals surface area contributed by atoms with Crippen molar-refractivity contribution in [3.05, 3.63) is 48.9 Å². The summed E-state index contributed by atoms with van der Waals surface area (Å²) in [6.07, 6.45) is 4.45. The SMILES string of the molecule is C=CCCC(=O)NCc1ccc(-c2ccco2)o1. The van der Waals surface area contributed by atoms with Gasteiger partial charge in [-0.15, -0.1) is 6.58 Å². The van der Waals surface area contributed by atoms with E-state index in [1.54, 1.807) is 18.4 Å². The van der Waals surface area contributed by atoms with Gasteiger partial charge in [0.05, 0.1) is 12.8 Å². The zero-order chi connectivity index (χ0) is 12.8. The van der Waals surface area contributed by atoms with Crippen LogP contribution in [-0.2, 0) is 11.3 Å². The largest absolute Gasteiger partial charge is 0.461 e. The van der Waals surface area contributed by atoms with Gasteiger partial charge < -0.3 is 14.2 Å². The maximum Gasteiger partial charge on any atom is 0.220 e. The van der Waals surface area contributed by atoms with Crippen LogP contribution in [0, 0.1) is 0 Å². The van der Waals surface area contributed by atoms with Crippen LogP contribution in [0.1, 0.15) is 18.6 Å². The lowest BCUT2D eigenvalue weighted by molar-refractivity contribution is -0.121. The van der Waals surface area contributed by atoms with E-state index in [-0.39, 0.29) is 5.91 Å². The molecule has 1 amide bonds. The Morgan fingerprint density at radius 1 is 1.33 bits per heavy atom. The Kier molecular flexibility index (Phi) is 4.02. The van der Waals surface area contributed by atoms with Crippen molar-refractivity contribution in [1.82, 2.24) is 5.32 Å². The molecule has 0 aliphatic heterocycles. The lowest BCUT2D eigenvalue weighted by Crippen LogP contribution is -2.21. The van der Waals surface area contributed by atoms with Gasteiger partial charge in [0, 0.05) is 6.42 Å². The summed E-state index contributed by atoms with van der Waals surface area (Å²) >= 11 is 0. The second kappa shape index (κ2) is 5.91. The Hall–Kier alpha value is -2.23. The van der Waals surface area contributed by atoms with Gasteiger partial charge in [0.25, 0.3) is 0 Å². The van der Waals surface area contributed by atoms with Crippen LogP contribution >= 0.6 is 0 Å². The number of rotatable bonds is 6. The molecule has 0 saturated carbocycles. The topological polar surface area (TPSA) is 55.4 Å². The summed E-state index contributed by atoms with van der Waals surface area (Å²) in [6, 6.07) is 7.27. The lowest BCUT2D eigenvalue weighted by atomic mass is 10.3. The van der Waals surface area contributed by atoms with Crippen LogP contribution in [0.3, 0.4) is 0 Å². The summed E-state index contributed by atoms with van der Waals surface area (Å²) in [6.45, 7) is 3.96. The summed E-state index contributed by atoms with van der Waals surface area (Å²) in [5.41, 5.74) is 0. The molecule has 0 saturated heterocycles.